The molecule has 148 valence electrons. The van der Waals surface area contributed by atoms with E-state index in [0.29, 0.717) is 31.4 Å². The fourth-order valence-corrected chi connectivity index (χ4v) is 3.71. The third kappa shape index (κ3) is 5.03. The molecule has 0 aliphatic carbocycles. The van der Waals surface area contributed by atoms with Crippen LogP contribution in [0.2, 0.25) is 0 Å². The van der Waals surface area contributed by atoms with Crippen molar-refractivity contribution in [3.8, 4) is 0 Å². The second-order valence-electron chi connectivity index (χ2n) is 6.99. The molecule has 4 atom stereocenters. The van der Waals surface area contributed by atoms with Crippen LogP contribution in [-0.4, -0.2) is 77.5 Å². The first kappa shape index (κ1) is 19.7. The highest BCUT2D eigenvalue weighted by atomic mass is 16.5. The summed E-state index contributed by atoms with van der Waals surface area (Å²) in [6.45, 7) is 3.08. The number of β-amino-alcohol motifs (C(OH)–C–C–N with tert-alkyl or cyclic N) is 1. The molecule has 0 radical (unpaired) electrons. The molecule has 1 aromatic rings. The summed E-state index contributed by atoms with van der Waals surface area (Å²) >= 11 is 0. The van der Waals surface area contributed by atoms with E-state index in [9.17, 15) is 14.7 Å². The Balaban J connectivity index is 1.74. The molecule has 0 saturated carbocycles. The molecule has 2 aliphatic heterocycles. The number of pyridine rings is 1. The van der Waals surface area contributed by atoms with Crippen molar-refractivity contribution in [1.29, 1.82) is 0 Å². The van der Waals surface area contributed by atoms with Crippen LogP contribution in [0.25, 0.3) is 0 Å². The maximum absolute atomic E-state index is 13.0. The van der Waals surface area contributed by atoms with Crippen molar-refractivity contribution in [2.24, 2.45) is 0 Å². The van der Waals surface area contributed by atoms with Crippen LogP contribution < -0.4 is 5.32 Å². The van der Waals surface area contributed by atoms with E-state index in [-0.39, 0.29) is 49.8 Å². The average molecular weight is 377 g/mol. The van der Waals surface area contributed by atoms with Gasteiger partial charge in [-0.05, 0) is 31.9 Å². The molecule has 1 aromatic heterocycles. The molecule has 8 heteroatoms. The van der Waals surface area contributed by atoms with Gasteiger partial charge >= 0.3 is 0 Å². The summed E-state index contributed by atoms with van der Waals surface area (Å²) in [7, 11) is 0. The number of hydrogen-bond donors (Lipinski definition) is 2. The standard InChI is InChI=1S/C19H27N3O5/c1-2-21-18(24)8-15-5-6-16-17(27-15)12-26-11-14(23)10-22(16)19(25)13-4-3-7-20-9-13/h3-4,7,9,14-17,23H,2,5-6,8,10-12H2,1H3,(H,21,24)/t14-,15-,16+,17-/m1/s1. The van der Waals surface area contributed by atoms with E-state index < -0.39 is 6.10 Å². The summed E-state index contributed by atoms with van der Waals surface area (Å²) in [5.74, 6) is -0.212. The number of amides is 2. The summed E-state index contributed by atoms with van der Waals surface area (Å²) in [6, 6.07) is 3.22. The van der Waals surface area contributed by atoms with Gasteiger partial charge < -0.3 is 24.8 Å². The van der Waals surface area contributed by atoms with Crippen LogP contribution in [0.5, 0.6) is 0 Å². The molecular weight excluding hydrogens is 350 g/mol. The van der Waals surface area contributed by atoms with E-state index in [4.69, 9.17) is 9.47 Å². The first-order chi connectivity index (χ1) is 13.1. The lowest BCUT2D eigenvalue weighted by atomic mass is 9.94. The van der Waals surface area contributed by atoms with Crippen LogP contribution in [0, 0.1) is 0 Å². The Morgan fingerprint density at radius 1 is 1.37 bits per heavy atom. The van der Waals surface area contributed by atoms with E-state index in [1.807, 2.05) is 6.92 Å². The largest absolute Gasteiger partial charge is 0.389 e. The van der Waals surface area contributed by atoms with Crippen LogP contribution in [0.1, 0.15) is 36.5 Å². The predicted octanol–water partition coefficient (Wildman–Crippen LogP) is 0.357. The zero-order chi connectivity index (χ0) is 19.2. The van der Waals surface area contributed by atoms with Crippen molar-refractivity contribution in [1.82, 2.24) is 15.2 Å². The Morgan fingerprint density at radius 3 is 2.96 bits per heavy atom. The molecule has 3 rings (SSSR count). The Hall–Kier alpha value is -2.03. The minimum absolute atomic E-state index is 0.0357. The number of rotatable bonds is 4. The molecular formula is C19H27N3O5. The zero-order valence-corrected chi connectivity index (χ0v) is 15.5. The van der Waals surface area contributed by atoms with Gasteiger partial charge in [-0.1, -0.05) is 0 Å². The lowest BCUT2D eigenvalue weighted by Crippen LogP contribution is -2.57. The number of nitrogens with zero attached hydrogens (tertiary/aromatic N) is 2. The van der Waals surface area contributed by atoms with Gasteiger partial charge in [0.2, 0.25) is 5.91 Å². The van der Waals surface area contributed by atoms with Crippen molar-refractivity contribution in [2.45, 2.75) is 50.5 Å². The van der Waals surface area contributed by atoms with Gasteiger partial charge in [0.25, 0.3) is 5.91 Å². The van der Waals surface area contributed by atoms with Gasteiger partial charge in [0.15, 0.2) is 0 Å². The fourth-order valence-electron chi connectivity index (χ4n) is 3.71. The lowest BCUT2D eigenvalue weighted by molar-refractivity contribution is -0.150. The van der Waals surface area contributed by atoms with Crippen LogP contribution in [0.4, 0.5) is 0 Å². The van der Waals surface area contributed by atoms with Crippen molar-refractivity contribution in [2.75, 3.05) is 26.3 Å². The minimum atomic E-state index is -0.750. The highest BCUT2D eigenvalue weighted by Gasteiger charge is 2.40. The quantitative estimate of drug-likeness (QED) is 0.786. The molecule has 8 nitrogen and oxygen atoms in total. The van der Waals surface area contributed by atoms with Crippen molar-refractivity contribution < 1.29 is 24.2 Å². The van der Waals surface area contributed by atoms with E-state index in [0.717, 1.165) is 0 Å². The van der Waals surface area contributed by atoms with Gasteiger partial charge in [0, 0.05) is 25.5 Å². The van der Waals surface area contributed by atoms with Crippen molar-refractivity contribution in [3.05, 3.63) is 30.1 Å². The highest BCUT2D eigenvalue weighted by Crippen LogP contribution is 2.28. The lowest BCUT2D eigenvalue weighted by Gasteiger charge is -2.44. The predicted molar refractivity (Wildman–Crippen MR) is 97.1 cm³/mol. The molecule has 0 spiro atoms. The summed E-state index contributed by atoms with van der Waals surface area (Å²) in [4.78, 5) is 30.6. The number of aromatic nitrogens is 1. The van der Waals surface area contributed by atoms with Gasteiger partial charge in [0.1, 0.15) is 6.10 Å². The number of nitrogens with one attached hydrogen (secondary N) is 1. The SMILES string of the molecule is CCNC(=O)C[C@H]1CC[C@H]2[C@@H](COC[C@H](O)CN2C(=O)c2cccnc2)O1. The molecule has 2 aliphatic rings. The molecule has 2 N–H and O–H groups in total. The Morgan fingerprint density at radius 2 is 2.22 bits per heavy atom. The summed E-state index contributed by atoms with van der Waals surface area (Å²) < 4.78 is 11.7. The second kappa shape index (κ2) is 9.25. The van der Waals surface area contributed by atoms with Gasteiger partial charge in [-0.2, -0.15) is 0 Å². The number of aliphatic hydroxyl groups is 1. The first-order valence-electron chi connectivity index (χ1n) is 9.47. The molecule has 0 aromatic carbocycles. The van der Waals surface area contributed by atoms with Gasteiger partial charge in [-0.3, -0.25) is 14.6 Å². The molecule has 0 unspecified atom stereocenters. The normalized spacial score (nSPS) is 28.6. The number of carbonyl (C=O) groups excluding carboxylic acids is 2. The smallest absolute Gasteiger partial charge is 0.255 e. The van der Waals surface area contributed by atoms with Crippen LogP contribution in [0.15, 0.2) is 24.5 Å². The Kier molecular flexibility index (Phi) is 6.76. The number of fused-ring (bicyclic) bond motifs is 1. The number of aliphatic hydroxyl groups excluding tert-OH is 1. The van der Waals surface area contributed by atoms with Gasteiger partial charge in [-0.15, -0.1) is 0 Å². The minimum Gasteiger partial charge on any atom is -0.389 e. The summed E-state index contributed by atoms with van der Waals surface area (Å²) in [5.41, 5.74) is 0.481. The molecule has 0 bridgehead atoms. The maximum atomic E-state index is 13.0. The third-order valence-corrected chi connectivity index (χ3v) is 4.94. The summed E-state index contributed by atoms with van der Waals surface area (Å²) in [6.07, 6.45) is 3.54. The van der Waals surface area contributed by atoms with Crippen molar-refractivity contribution in [3.63, 3.8) is 0 Å². The van der Waals surface area contributed by atoms with Crippen LogP contribution >= 0.6 is 0 Å². The first-order valence-corrected chi connectivity index (χ1v) is 9.47. The molecule has 2 fully saturated rings. The zero-order valence-electron chi connectivity index (χ0n) is 15.5. The monoisotopic (exact) mass is 377 g/mol. The Bertz CT molecular complexity index is 641. The topological polar surface area (TPSA) is 101 Å². The van der Waals surface area contributed by atoms with E-state index in [2.05, 4.69) is 10.3 Å². The average Bonchev–Trinajstić information content (AvgIpc) is 2.65. The van der Waals surface area contributed by atoms with Crippen LogP contribution in [-0.2, 0) is 14.3 Å². The summed E-state index contributed by atoms with van der Waals surface area (Å²) in [5, 5.41) is 13.0. The molecule has 3 heterocycles. The third-order valence-electron chi connectivity index (χ3n) is 4.94. The number of carbonyl (C=O) groups is 2. The van der Waals surface area contributed by atoms with E-state index in [1.54, 1.807) is 23.2 Å². The highest BCUT2D eigenvalue weighted by molar-refractivity contribution is 5.94. The number of ether oxygens (including phenoxy) is 2. The fraction of sp³-hybridized carbons (Fsp3) is 0.632. The van der Waals surface area contributed by atoms with Crippen molar-refractivity contribution >= 4 is 11.8 Å². The second-order valence-corrected chi connectivity index (χ2v) is 6.99. The molecule has 27 heavy (non-hydrogen) atoms. The molecule has 2 saturated heterocycles. The van der Waals surface area contributed by atoms with Crippen LogP contribution in [0.3, 0.4) is 0 Å². The Labute approximate surface area is 158 Å². The number of hydrogen-bond acceptors (Lipinski definition) is 6. The molecule has 2 amide bonds. The van der Waals surface area contributed by atoms with E-state index in [1.165, 1.54) is 6.20 Å². The van der Waals surface area contributed by atoms with Gasteiger partial charge in [0.05, 0.1) is 43.4 Å². The maximum Gasteiger partial charge on any atom is 0.255 e. The van der Waals surface area contributed by atoms with E-state index >= 15 is 0 Å². The van der Waals surface area contributed by atoms with Gasteiger partial charge in [-0.25, -0.2) is 0 Å².